The Hall–Kier alpha value is -1.01. The zero-order chi connectivity index (χ0) is 9.40. The molecule has 0 saturated carbocycles. The van der Waals surface area contributed by atoms with Gasteiger partial charge in [-0.05, 0) is 12.8 Å². The third-order valence-corrected chi connectivity index (χ3v) is 1.57. The third-order valence-electron chi connectivity index (χ3n) is 1.57. The normalized spacial score (nSPS) is 11.8. The maximum Gasteiger partial charge on any atom is 0.236 e. The van der Waals surface area contributed by atoms with Crippen molar-refractivity contribution >= 4 is 5.91 Å². The van der Waals surface area contributed by atoms with Crippen molar-refractivity contribution in [3.63, 3.8) is 0 Å². The molecule has 68 valence electrons. The van der Waals surface area contributed by atoms with Gasteiger partial charge in [-0.1, -0.05) is 6.92 Å². The second kappa shape index (κ2) is 6.68. The Morgan fingerprint density at radius 1 is 1.75 bits per heavy atom. The Bertz CT molecular complexity index is 172. The Balaban J connectivity index is 3.39. The monoisotopic (exact) mass is 168 g/mol. The first-order valence-electron chi connectivity index (χ1n) is 4.19. The molecule has 0 aliphatic heterocycles. The smallest absolute Gasteiger partial charge is 0.236 e. The summed E-state index contributed by atoms with van der Waals surface area (Å²) in [5.74, 6) is 2.41. The van der Waals surface area contributed by atoms with E-state index >= 15 is 0 Å². The van der Waals surface area contributed by atoms with E-state index in [4.69, 9.17) is 12.2 Å². The van der Waals surface area contributed by atoms with Gasteiger partial charge in [0.05, 0.1) is 6.04 Å². The van der Waals surface area contributed by atoms with Gasteiger partial charge in [0.1, 0.15) is 0 Å². The van der Waals surface area contributed by atoms with Gasteiger partial charge >= 0.3 is 0 Å². The summed E-state index contributed by atoms with van der Waals surface area (Å²) < 4.78 is 0. The molecule has 0 aliphatic rings. The molecule has 0 aromatic carbocycles. The van der Waals surface area contributed by atoms with Crippen molar-refractivity contribution in [1.29, 1.82) is 0 Å². The fourth-order valence-electron chi connectivity index (χ4n) is 0.719. The molecule has 3 heteroatoms. The minimum atomic E-state index is -0.379. The lowest BCUT2D eigenvalue weighted by molar-refractivity contribution is -0.122. The van der Waals surface area contributed by atoms with E-state index in [0.29, 0.717) is 19.4 Å². The van der Waals surface area contributed by atoms with Crippen molar-refractivity contribution in [2.75, 3.05) is 6.54 Å². The number of nitrogens with one attached hydrogen (secondary N) is 1. The molecule has 1 amide bonds. The molecule has 3 nitrogen and oxygen atoms in total. The fourth-order valence-corrected chi connectivity index (χ4v) is 0.719. The van der Waals surface area contributed by atoms with E-state index in [1.54, 1.807) is 0 Å². The van der Waals surface area contributed by atoms with Crippen molar-refractivity contribution in [2.45, 2.75) is 32.2 Å². The number of hydrogen-bond donors (Lipinski definition) is 2. The lowest BCUT2D eigenvalue weighted by Gasteiger charge is -2.08. The van der Waals surface area contributed by atoms with Crippen LogP contribution in [0.25, 0.3) is 0 Å². The van der Waals surface area contributed by atoms with Gasteiger partial charge in [-0.2, -0.15) is 0 Å². The van der Waals surface area contributed by atoms with Crippen molar-refractivity contribution in [3.8, 4) is 12.3 Å². The van der Waals surface area contributed by atoms with Crippen molar-refractivity contribution in [2.24, 2.45) is 5.73 Å². The van der Waals surface area contributed by atoms with Gasteiger partial charge in [0.2, 0.25) is 5.91 Å². The van der Waals surface area contributed by atoms with Crippen LogP contribution in [-0.4, -0.2) is 18.5 Å². The summed E-state index contributed by atoms with van der Waals surface area (Å²) in [4.78, 5) is 11.0. The number of hydrogen-bond acceptors (Lipinski definition) is 2. The molecule has 1 atom stereocenters. The Morgan fingerprint density at radius 3 is 2.92 bits per heavy atom. The zero-order valence-electron chi connectivity index (χ0n) is 7.47. The molecule has 0 spiro atoms. The second-order valence-corrected chi connectivity index (χ2v) is 2.61. The molecule has 0 rings (SSSR count). The minimum Gasteiger partial charge on any atom is -0.355 e. The molecule has 0 bridgehead atoms. The van der Waals surface area contributed by atoms with E-state index in [9.17, 15) is 4.79 Å². The average molecular weight is 168 g/mol. The Labute approximate surface area is 73.7 Å². The highest BCUT2D eigenvalue weighted by Gasteiger charge is 2.08. The lowest BCUT2D eigenvalue weighted by Crippen LogP contribution is -2.40. The molecule has 12 heavy (non-hydrogen) atoms. The molecule has 0 radical (unpaired) electrons. The number of unbranched alkanes of at least 4 members (excludes halogenated alkanes) is 1. The minimum absolute atomic E-state index is 0.0884. The maximum absolute atomic E-state index is 11.0. The molecule has 0 aromatic rings. The van der Waals surface area contributed by atoms with E-state index in [2.05, 4.69) is 11.2 Å². The van der Waals surface area contributed by atoms with Gasteiger partial charge in [0.15, 0.2) is 0 Å². The van der Waals surface area contributed by atoms with E-state index in [1.807, 2.05) is 6.92 Å². The van der Waals surface area contributed by atoms with Crippen LogP contribution in [0.15, 0.2) is 0 Å². The van der Waals surface area contributed by atoms with Gasteiger partial charge in [-0.15, -0.1) is 12.3 Å². The summed E-state index contributed by atoms with van der Waals surface area (Å²) in [6, 6.07) is -0.379. The molecule has 0 saturated heterocycles. The van der Waals surface area contributed by atoms with Crippen LogP contribution >= 0.6 is 0 Å². The first-order valence-corrected chi connectivity index (χ1v) is 4.19. The molecule has 0 unspecified atom stereocenters. The van der Waals surface area contributed by atoms with E-state index < -0.39 is 0 Å². The summed E-state index contributed by atoms with van der Waals surface area (Å²) in [5.41, 5.74) is 5.48. The molecular weight excluding hydrogens is 152 g/mol. The standard InChI is InChI=1S/C9H16N2O/c1-3-5-6-7-11-9(12)8(10)4-2/h1,8H,4-7,10H2,2H3,(H,11,12)/t8-/m0/s1. The summed E-state index contributed by atoms with van der Waals surface area (Å²) >= 11 is 0. The predicted molar refractivity (Wildman–Crippen MR) is 49.3 cm³/mol. The van der Waals surface area contributed by atoms with Crippen molar-refractivity contribution in [1.82, 2.24) is 5.32 Å². The largest absolute Gasteiger partial charge is 0.355 e. The third kappa shape index (κ3) is 4.75. The second-order valence-electron chi connectivity index (χ2n) is 2.61. The fraction of sp³-hybridized carbons (Fsp3) is 0.667. The van der Waals surface area contributed by atoms with Crippen molar-refractivity contribution in [3.05, 3.63) is 0 Å². The van der Waals surface area contributed by atoms with E-state index in [1.165, 1.54) is 0 Å². The highest BCUT2D eigenvalue weighted by molar-refractivity contribution is 5.81. The molecule has 0 fully saturated rings. The van der Waals surface area contributed by atoms with Crippen LogP contribution in [0.5, 0.6) is 0 Å². The maximum atomic E-state index is 11.0. The van der Waals surface area contributed by atoms with Crippen LogP contribution in [-0.2, 0) is 4.79 Å². The van der Waals surface area contributed by atoms with Crippen LogP contribution in [0.4, 0.5) is 0 Å². The van der Waals surface area contributed by atoms with Crippen LogP contribution in [0.2, 0.25) is 0 Å². The highest BCUT2D eigenvalue weighted by Crippen LogP contribution is 1.87. The van der Waals surface area contributed by atoms with Gasteiger partial charge in [-0.3, -0.25) is 4.79 Å². The SMILES string of the molecule is C#CCCCNC(=O)[C@@H](N)CC. The van der Waals surface area contributed by atoms with Gasteiger partial charge in [0.25, 0.3) is 0 Å². The van der Waals surface area contributed by atoms with E-state index in [-0.39, 0.29) is 11.9 Å². The summed E-state index contributed by atoms with van der Waals surface area (Å²) in [7, 11) is 0. The molecule has 0 aromatic heterocycles. The summed E-state index contributed by atoms with van der Waals surface area (Å²) in [6.07, 6.45) is 7.23. The quantitative estimate of drug-likeness (QED) is 0.457. The first kappa shape index (κ1) is 11.0. The number of terminal acetylenes is 1. The topological polar surface area (TPSA) is 55.1 Å². The average Bonchev–Trinajstić information content (AvgIpc) is 2.10. The van der Waals surface area contributed by atoms with Crippen LogP contribution in [0.1, 0.15) is 26.2 Å². The number of rotatable bonds is 5. The number of carbonyl (C=O) groups is 1. The van der Waals surface area contributed by atoms with Crippen LogP contribution in [0, 0.1) is 12.3 Å². The van der Waals surface area contributed by atoms with Crippen LogP contribution < -0.4 is 11.1 Å². The highest BCUT2D eigenvalue weighted by atomic mass is 16.2. The van der Waals surface area contributed by atoms with Crippen molar-refractivity contribution < 1.29 is 4.79 Å². The van der Waals surface area contributed by atoms with Gasteiger partial charge in [0, 0.05) is 13.0 Å². The van der Waals surface area contributed by atoms with E-state index in [0.717, 1.165) is 6.42 Å². The molecular formula is C9H16N2O. The first-order chi connectivity index (χ1) is 5.72. The predicted octanol–water partition coefficient (Wildman–Crippen LogP) is 0.253. The summed E-state index contributed by atoms with van der Waals surface area (Å²) in [6.45, 7) is 2.50. The zero-order valence-corrected chi connectivity index (χ0v) is 7.47. The van der Waals surface area contributed by atoms with Gasteiger partial charge < -0.3 is 11.1 Å². The number of nitrogens with two attached hydrogens (primary N) is 1. The van der Waals surface area contributed by atoms with Crippen LogP contribution in [0.3, 0.4) is 0 Å². The number of carbonyl (C=O) groups excluding carboxylic acids is 1. The lowest BCUT2D eigenvalue weighted by atomic mass is 10.2. The number of amides is 1. The molecule has 0 heterocycles. The summed E-state index contributed by atoms with van der Waals surface area (Å²) in [5, 5.41) is 2.71. The van der Waals surface area contributed by atoms with Gasteiger partial charge in [-0.25, -0.2) is 0 Å². The molecule has 0 aliphatic carbocycles. The molecule has 3 N–H and O–H groups in total. The Morgan fingerprint density at radius 2 is 2.42 bits per heavy atom. The Kier molecular flexibility index (Phi) is 6.12.